The lowest BCUT2D eigenvalue weighted by Gasteiger charge is -2.24. The summed E-state index contributed by atoms with van der Waals surface area (Å²) in [6.07, 6.45) is 3.56. The highest BCUT2D eigenvalue weighted by atomic mass is 32.2. The molecule has 2 saturated heterocycles. The highest BCUT2D eigenvalue weighted by molar-refractivity contribution is 7.89. The van der Waals surface area contributed by atoms with E-state index in [-0.39, 0.29) is 16.8 Å². The number of carbonyl (C=O) groups is 1. The summed E-state index contributed by atoms with van der Waals surface area (Å²) < 4.78 is 37.8. The number of nitrogens with zero attached hydrogens (tertiary/aromatic N) is 3. The molecule has 0 atom stereocenters. The molecule has 31 heavy (non-hydrogen) atoms. The van der Waals surface area contributed by atoms with Crippen molar-refractivity contribution in [3.63, 3.8) is 0 Å². The van der Waals surface area contributed by atoms with Crippen LogP contribution in [0.2, 0.25) is 0 Å². The Labute approximate surface area is 183 Å². The van der Waals surface area contributed by atoms with Crippen molar-refractivity contribution in [1.29, 1.82) is 0 Å². The SMILES string of the molecule is COc1ccc(N2CCCN(C(=O)c3ccc(S(=O)(=O)N4CCCCC4)o3)CC2)cc1. The molecule has 2 aliphatic heterocycles. The molecular weight excluding hydrogens is 418 g/mol. The molecule has 0 N–H and O–H groups in total. The summed E-state index contributed by atoms with van der Waals surface area (Å²) in [6, 6.07) is 10.8. The maximum Gasteiger partial charge on any atom is 0.289 e. The van der Waals surface area contributed by atoms with Crippen LogP contribution in [0.5, 0.6) is 5.75 Å². The zero-order chi connectivity index (χ0) is 21.8. The van der Waals surface area contributed by atoms with E-state index < -0.39 is 10.0 Å². The second-order valence-corrected chi connectivity index (χ2v) is 9.78. The van der Waals surface area contributed by atoms with Crippen LogP contribution in [0.1, 0.15) is 36.2 Å². The van der Waals surface area contributed by atoms with Crippen molar-refractivity contribution in [1.82, 2.24) is 9.21 Å². The lowest BCUT2D eigenvalue weighted by molar-refractivity contribution is 0.0729. The average molecular weight is 448 g/mol. The highest BCUT2D eigenvalue weighted by Crippen LogP contribution is 2.24. The van der Waals surface area contributed by atoms with Crippen molar-refractivity contribution >= 4 is 21.6 Å². The van der Waals surface area contributed by atoms with Crippen molar-refractivity contribution in [2.75, 3.05) is 51.3 Å². The smallest absolute Gasteiger partial charge is 0.289 e. The normalized spacial score (nSPS) is 18.6. The third kappa shape index (κ3) is 4.72. The Balaban J connectivity index is 1.41. The minimum Gasteiger partial charge on any atom is -0.497 e. The maximum absolute atomic E-state index is 13.0. The van der Waals surface area contributed by atoms with Crippen LogP contribution in [-0.4, -0.2) is 69.9 Å². The number of sulfonamides is 1. The first kappa shape index (κ1) is 21.7. The largest absolute Gasteiger partial charge is 0.497 e. The van der Waals surface area contributed by atoms with Gasteiger partial charge in [0.05, 0.1) is 7.11 Å². The zero-order valence-corrected chi connectivity index (χ0v) is 18.6. The Kier molecular flexibility index (Phi) is 6.52. The van der Waals surface area contributed by atoms with Crippen LogP contribution in [0.3, 0.4) is 0 Å². The van der Waals surface area contributed by atoms with Gasteiger partial charge in [0.2, 0.25) is 5.09 Å². The van der Waals surface area contributed by atoms with E-state index >= 15 is 0 Å². The quantitative estimate of drug-likeness (QED) is 0.701. The Morgan fingerprint density at radius 2 is 1.61 bits per heavy atom. The Morgan fingerprint density at radius 3 is 2.32 bits per heavy atom. The van der Waals surface area contributed by atoms with E-state index in [0.29, 0.717) is 32.7 Å². The van der Waals surface area contributed by atoms with Gasteiger partial charge in [-0.15, -0.1) is 0 Å². The van der Waals surface area contributed by atoms with Crippen LogP contribution in [-0.2, 0) is 10.0 Å². The van der Waals surface area contributed by atoms with Crippen molar-refractivity contribution in [2.24, 2.45) is 0 Å². The summed E-state index contributed by atoms with van der Waals surface area (Å²) >= 11 is 0. The number of hydrogen-bond acceptors (Lipinski definition) is 6. The standard InChI is InChI=1S/C22H29N3O5S/c1-29-19-8-6-18(7-9-19)23-12-5-13-24(17-16-23)22(26)20-10-11-21(30-20)31(27,28)25-14-3-2-4-15-25/h6-11H,2-5,12-17H2,1H3. The predicted octanol–water partition coefficient (Wildman–Crippen LogP) is 2.82. The van der Waals surface area contributed by atoms with Gasteiger partial charge in [-0.25, -0.2) is 8.42 Å². The number of amides is 1. The molecule has 0 saturated carbocycles. The fourth-order valence-corrected chi connectivity index (χ4v) is 5.56. The summed E-state index contributed by atoms with van der Waals surface area (Å²) in [6.45, 7) is 3.67. The molecule has 0 unspecified atom stereocenters. The first-order valence-electron chi connectivity index (χ1n) is 10.8. The minimum absolute atomic E-state index is 0.0773. The highest BCUT2D eigenvalue weighted by Gasteiger charge is 2.31. The fraction of sp³-hybridized carbons (Fsp3) is 0.500. The molecule has 168 valence electrons. The average Bonchev–Trinajstić information content (AvgIpc) is 3.19. The number of piperidine rings is 1. The van der Waals surface area contributed by atoms with E-state index in [1.807, 2.05) is 24.3 Å². The number of hydrogen-bond donors (Lipinski definition) is 0. The number of anilines is 1. The maximum atomic E-state index is 13.0. The van der Waals surface area contributed by atoms with Gasteiger partial charge in [0.25, 0.3) is 15.9 Å². The zero-order valence-electron chi connectivity index (χ0n) is 17.8. The third-order valence-corrected chi connectivity index (χ3v) is 7.69. The molecule has 1 aromatic carbocycles. The van der Waals surface area contributed by atoms with Crippen LogP contribution >= 0.6 is 0 Å². The van der Waals surface area contributed by atoms with E-state index in [1.165, 1.54) is 16.4 Å². The van der Waals surface area contributed by atoms with Crippen LogP contribution < -0.4 is 9.64 Å². The minimum atomic E-state index is -3.69. The summed E-state index contributed by atoms with van der Waals surface area (Å²) in [5.41, 5.74) is 1.09. The lowest BCUT2D eigenvalue weighted by Crippen LogP contribution is -2.36. The Morgan fingerprint density at radius 1 is 0.871 bits per heavy atom. The molecule has 0 radical (unpaired) electrons. The molecule has 3 heterocycles. The first-order valence-corrected chi connectivity index (χ1v) is 12.2. The fourth-order valence-electron chi connectivity index (χ4n) is 4.13. The van der Waals surface area contributed by atoms with Crippen molar-refractivity contribution in [3.05, 3.63) is 42.2 Å². The van der Waals surface area contributed by atoms with Crippen LogP contribution in [0.25, 0.3) is 0 Å². The summed E-state index contributed by atoms with van der Waals surface area (Å²) in [5, 5.41) is -0.146. The Bertz CT molecular complexity index is 996. The number of ether oxygens (including phenoxy) is 1. The van der Waals surface area contributed by atoms with Gasteiger partial charge in [0.1, 0.15) is 5.75 Å². The van der Waals surface area contributed by atoms with Gasteiger partial charge >= 0.3 is 0 Å². The first-order chi connectivity index (χ1) is 15.0. The summed E-state index contributed by atoms with van der Waals surface area (Å²) in [5.74, 6) is 0.619. The topological polar surface area (TPSA) is 83.3 Å². The van der Waals surface area contributed by atoms with E-state index in [1.54, 1.807) is 12.0 Å². The molecule has 0 bridgehead atoms. The van der Waals surface area contributed by atoms with Gasteiger partial charge in [-0.1, -0.05) is 6.42 Å². The van der Waals surface area contributed by atoms with Crippen LogP contribution in [0.15, 0.2) is 45.9 Å². The van der Waals surface area contributed by atoms with Gasteiger partial charge in [-0.2, -0.15) is 4.31 Å². The molecule has 2 aliphatic rings. The van der Waals surface area contributed by atoms with Crippen molar-refractivity contribution in [3.8, 4) is 5.75 Å². The van der Waals surface area contributed by atoms with Gasteiger partial charge in [0, 0.05) is 45.0 Å². The number of furan rings is 1. The van der Waals surface area contributed by atoms with Crippen LogP contribution in [0, 0.1) is 0 Å². The molecule has 0 aliphatic carbocycles. The molecule has 0 spiro atoms. The molecule has 1 aromatic heterocycles. The van der Waals surface area contributed by atoms with E-state index in [0.717, 1.165) is 43.7 Å². The molecule has 8 nitrogen and oxygen atoms in total. The number of methoxy groups -OCH3 is 1. The van der Waals surface area contributed by atoms with E-state index in [2.05, 4.69) is 4.90 Å². The van der Waals surface area contributed by atoms with Gasteiger partial charge in [0.15, 0.2) is 5.76 Å². The second kappa shape index (κ2) is 9.32. The lowest BCUT2D eigenvalue weighted by atomic mass is 10.2. The number of rotatable bonds is 5. The van der Waals surface area contributed by atoms with Crippen LogP contribution in [0.4, 0.5) is 5.69 Å². The molecule has 1 amide bonds. The molecule has 4 rings (SSSR count). The van der Waals surface area contributed by atoms with Crippen molar-refractivity contribution in [2.45, 2.75) is 30.8 Å². The molecule has 2 fully saturated rings. The predicted molar refractivity (Wildman–Crippen MR) is 117 cm³/mol. The van der Waals surface area contributed by atoms with E-state index in [4.69, 9.17) is 9.15 Å². The molecule has 2 aromatic rings. The monoisotopic (exact) mass is 447 g/mol. The van der Waals surface area contributed by atoms with E-state index in [9.17, 15) is 13.2 Å². The Hall–Kier alpha value is -2.52. The summed E-state index contributed by atoms with van der Waals surface area (Å²) in [4.78, 5) is 17.0. The summed E-state index contributed by atoms with van der Waals surface area (Å²) in [7, 11) is -2.04. The molecular formula is C22H29N3O5S. The van der Waals surface area contributed by atoms with Gasteiger partial charge in [-0.05, 0) is 55.7 Å². The van der Waals surface area contributed by atoms with Gasteiger partial charge in [-0.3, -0.25) is 4.79 Å². The third-order valence-electron chi connectivity index (χ3n) is 5.92. The number of benzene rings is 1. The van der Waals surface area contributed by atoms with Gasteiger partial charge < -0.3 is 19.0 Å². The second-order valence-electron chi connectivity index (χ2n) is 7.91. The van der Waals surface area contributed by atoms with Crippen molar-refractivity contribution < 1.29 is 22.4 Å². The molecule has 9 heteroatoms. The number of carbonyl (C=O) groups excluding carboxylic acids is 1.